The van der Waals surface area contributed by atoms with Gasteiger partial charge in [0.2, 0.25) is 0 Å². The molecule has 0 aromatic heterocycles. The van der Waals surface area contributed by atoms with Crippen LogP contribution < -0.4 is 4.74 Å². The van der Waals surface area contributed by atoms with Crippen LogP contribution >= 0.6 is 0 Å². The lowest BCUT2D eigenvalue weighted by Gasteiger charge is -2.07. The Morgan fingerprint density at radius 1 is 1.21 bits per heavy atom. The van der Waals surface area contributed by atoms with Gasteiger partial charge in [0.1, 0.15) is 12.4 Å². The maximum Gasteiger partial charge on any atom is 0.389 e. The minimum atomic E-state index is -4.18. The minimum absolute atomic E-state index is 0.0819. The molecule has 0 radical (unpaired) electrons. The summed E-state index contributed by atoms with van der Waals surface area (Å²) in [6, 6.07) is 6.44. The van der Waals surface area contributed by atoms with E-state index in [1.807, 2.05) is 0 Å². The van der Waals surface area contributed by atoms with Gasteiger partial charge in [-0.1, -0.05) is 0 Å². The topological polar surface area (TPSA) is 35.5 Å². The lowest BCUT2D eigenvalue weighted by molar-refractivity contribution is -0.137. The second kappa shape index (κ2) is 7.13. The maximum atomic E-state index is 11.8. The van der Waals surface area contributed by atoms with Crippen molar-refractivity contribution in [1.29, 1.82) is 0 Å². The Bertz CT molecular complexity index is 399. The van der Waals surface area contributed by atoms with Gasteiger partial charge < -0.3 is 9.47 Å². The van der Waals surface area contributed by atoms with Crippen LogP contribution in [0.1, 0.15) is 23.2 Å². The summed E-state index contributed by atoms with van der Waals surface area (Å²) in [4.78, 5) is 11.6. The molecule has 0 spiro atoms. The van der Waals surface area contributed by atoms with Gasteiger partial charge in [-0.25, -0.2) is 0 Å². The second-order valence-electron chi connectivity index (χ2n) is 3.92. The molecule has 0 N–H and O–H groups in total. The van der Waals surface area contributed by atoms with Gasteiger partial charge in [0, 0.05) is 18.6 Å². The van der Waals surface area contributed by atoms with E-state index in [-0.39, 0.29) is 25.4 Å². The first-order valence-corrected chi connectivity index (χ1v) is 5.74. The van der Waals surface area contributed by atoms with E-state index in [1.54, 1.807) is 24.3 Å². The Labute approximate surface area is 109 Å². The second-order valence-corrected chi connectivity index (χ2v) is 3.92. The summed E-state index contributed by atoms with van der Waals surface area (Å²) >= 11 is 0. The molecule has 1 aromatic rings. The summed E-state index contributed by atoms with van der Waals surface area (Å²) in [7, 11) is 1.51. The summed E-state index contributed by atoms with van der Waals surface area (Å²) in [6.45, 7) is -0.300. The normalized spacial score (nSPS) is 11.4. The molecule has 0 saturated heterocycles. The number of rotatable bonds is 7. The predicted octanol–water partition coefficient (Wildman–Crippen LogP) is 3.24. The fraction of sp³-hybridized carbons (Fsp3) is 0.462. The Morgan fingerprint density at radius 2 is 1.84 bits per heavy atom. The van der Waals surface area contributed by atoms with Crippen molar-refractivity contribution >= 4 is 5.78 Å². The number of ether oxygens (including phenoxy) is 2. The quantitative estimate of drug-likeness (QED) is 0.566. The largest absolute Gasteiger partial charge is 0.497 e. The smallest absolute Gasteiger partial charge is 0.389 e. The van der Waals surface area contributed by atoms with E-state index >= 15 is 0 Å². The molecule has 1 aromatic carbocycles. The van der Waals surface area contributed by atoms with Crippen molar-refractivity contribution < 1.29 is 27.4 Å². The van der Waals surface area contributed by atoms with Crippen LogP contribution in [0, 0.1) is 0 Å². The van der Waals surface area contributed by atoms with Crippen molar-refractivity contribution in [1.82, 2.24) is 0 Å². The van der Waals surface area contributed by atoms with Gasteiger partial charge in [-0.15, -0.1) is 0 Å². The third-order valence-electron chi connectivity index (χ3n) is 2.39. The molecule has 1 rings (SSSR count). The zero-order chi connectivity index (χ0) is 14.3. The standard InChI is InChI=1S/C13H15F3O3/c1-18-11-5-3-10(4-6-11)12(17)9-19-8-2-7-13(14,15)16/h3-6H,2,7-9H2,1H3. The number of ketones is 1. The lowest BCUT2D eigenvalue weighted by Crippen LogP contribution is -2.12. The third-order valence-corrected chi connectivity index (χ3v) is 2.39. The molecular formula is C13H15F3O3. The molecule has 0 bridgehead atoms. The number of halogens is 3. The average Bonchev–Trinajstić information content (AvgIpc) is 2.37. The van der Waals surface area contributed by atoms with Gasteiger partial charge in [0.25, 0.3) is 0 Å². The number of carbonyl (C=O) groups excluding carboxylic acids is 1. The fourth-order valence-corrected chi connectivity index (χ4v) is 1.40. The Kier molecular flexibility index (Phi) is 5.82. The zero-order valence-electron chi connectivity index (χ0n) is 10.5. The van der Waals surface area contributed by atoms with Crippen molar-refractivity contribution in [2.24, 2.45) is 0 Å². The van der Waals surface area contributed by atoms with E-state index < -0.39 is 12.6 Å². The molecule has 106 valence electrons. The molecule has 0 heterocycles. The van der Waals surface area contributed by atoms with Gasteiger partial charge >= 0.3 is 6.18 Å². The van der Waals surface area contributed by atoms with Crippen molar-refractivity contribution in [3.05, 3.63) is 29.8 Å². The van der Waals surface area contributed by atoms with Gasteiger partial charge in [-0.2, -0.15) is 13.2 Å². The van der Waals surface area contributed by atoms with Crippen molar-refractivity contribution in [3.63, 3.8) is 0 Å². The molecule has 0 fully saturated rings. The number of hydrogen-bond acceptors (Lipinski definition) is 3. The summed E-state index contributed by atoms with van der Waals surface area (Å²) in [5, 5.41) is 0. The Morgan fingerprint density at radius 3 is 2.37 bits per heavy atom. The summed E-state index contributed by atoms with van der Waals surface area (Å²) in [5.41, 5.74) is 0.441. The number of benzene rings is 1. The monoisotopic (exact) mass is 276 g/mol. The van der Waals surface area contributed by atoms with Crippen LogP contribution in [0.2, 0.25) is 0 Å². The van der Waals surface area contributed by atoms with E-state index in [2.05, 4.69) is 0 Å². The average molecular weight is 276 g/mol. The molecule has 19 heavy (non-hydrogen) atoms. The molecule has 3 nitrogen and oxygen atoms in total. The van der Waals surface area contributed by atoms with Crippen molar-refractivity contribution in [2.75, 3.05) is 20.3 Å². The zero-order valence-corrected chi connectivity index (χ0v) is 10.5. The van der Waals surface area contributed by atoms with Crippen LogP contribution in [-0.2, 0) is 4.74 Å². The van der Waals surface area contributed by atoms with Crippen LogP contribution in [0.5, 0.6) is 5.75 Å². The Hall–Kier alpha value is -1.56. The van der Waals surface area contributed by atoms with Gasteiger partial charge in [0.05, 0.1) is 7.11 Å². The predicted molar refractivity (Wildman–Crippen MR) is 63.4 cm³/mol. The molecule has 0 saturated carbocycles. The molecule has 0 aliphatic heterocycles. The third kappa shape index (κ3) is 6.24. The SMILES string of the molecule is COc1ccc(C(=O)COCCCC(F)(F)F)cc1. The van der Waals surface area contributed by atoms with Crippen molar-refractivity contribution in [3.8, 4) is 5.75 Å². The highest BCUT2D eigenvalue weighted by Gasteiger charge is 2.25. The van der Waals surface area contributed by atoms with E-state index in [0.717, 1.165) is 0 Å². The highest BCUT2D eigenvalue weighted by Crippen LogP contribution is 2.21. The number of methoxy groups -OCH3 is 1. The number of carbonyl (C=O) groups is 1. The van der Waals surface area contributed by atoms with Crippen molar-refractivity contribution in [2.45, 2.75) is 19.0 Å². The Balaban J connectivity index is 2.27. The van der Waals surface area contributed by atoms with E-state index in [0.29, 0.717) is 11.3 Å². The first kappa shape index (κ1) is 15.5. The summed E-state index contributed by atoms with van der Waals surface area (Å²) in [5.74, 6) is 0.359. The molecule has 0 aliphatic carbocycles. The van der Waals surface area contributed by atoms with E-state index in [9.17, 15) is 18.0 Å². The van der Waals surface area contributed by atoms with Crippen LogP contribution in [0.25, 0.3) is 0 Å². The lowest BCUT2D eigenvalue weighted by atomic mass is 10.1. The molecule has 0 aliphatic rings. The molecule has 0 atom stereocenters. The van der Waals surface area contributed by atoms with Gasteiger partial charge in [-0.3, -0.25) is 4.79 Å². The molecule has 6 heteroatoms. The number of hydrogen-bond donors (Lipinski definition) is 0. The maximum absolute atomic E-state index is 11.8. The summed E-state index contributed by atoms with van der Waals surface area (Å²) < 4.78 is 45.4. The highest BCUT2D eigenvalue weighted by atomic mass is 19.4. The van der Waals surface area contributed by atoms with E-state index in [4.69, 9.17) is 9.47 Å². The summed E-state index contributed by atoms with van der Waals surface area (Å²) in [6.07, 6.45) is -5.22. The van der Waals surface area contributed by atoms with Gasteiger partial charge in [-0.05, 0) is 30.7 Å². The van der Waals surface area contributed by atoms with E-state index in [1.165, 1.54) is 7.11 Å². The molecular weight excluding hydrogens is 261 g/mol. The number of Topliss-reactive ketones (excluding diaryl/α,β-unsaturated/α-hetero) is 1. The van der Waals surface area contributed by atoms with Crippen LogP contribution in [0.3, 0.4) is 0 Å². The van der Waals surface area contributed by atoms with Crippen LogP contribution in [0.15, 0.2) is 24.3 Å². The first-order valence-electron chi connectivity index (χ1n) is 5.74. The van der Waals surface area contributed by atoms with Crippen LogP contribution in [-0.4, -0.2) is 32.3 Å². The highest BCUT2D eigenvalue weighted by molar-refractivity contribution is 5.97. The fourth-order valence-electron chi connectivity index (χ4n) is 1.40. The first-order chi connectivity index (χ1) is 8.92. The van der Waals surface area contributed by atoms with Crippen LogP contribution in [0.4, 0.5) is 13.2 Å². The number of alkyl halides is 3. The molecule has 0 amide bonds. The van der Waals surface area contributed by atoms with Gasteiger partial charge in [0.15, 0.2) is 5.78 Å². The molecule has 0 unspecified atom stereocenters. The minimum Gasteiger partial charge on any atom is -0.497 e.